The van der Waals surface area contributed by atoms with Gasteiger partial charge in [0, 0.05) is 24.5 Å². The first kappa shape index (κ1) is 12.6. The second kappa shape index (κ2) is 7.06. The third kappa shape index (κ3) is 3.56. The molecule has 1 aromatic rings. The first-order valence-corrected chi connectivity index (χ1v) is 4.95. The number of aromatic nitrogens is 1. The summed E-state index contributed by atoms with van der Waals surface area (Å²) in [5, 5.41) is 2.57. The van der Waals surface area contributed by atoms with Crippen LogP contribution in [-0.4, -0.2) is 17.9 Å². The summed E-state index contributed by atoms with van der Waals surface area (Å²) < 4.78 is 0. The molecule has 1 N–H and O–H groups in total. The van der Waals surface area contributed by atoms with Crippen molar-refractivity contribution in [2.75, 3.05) is 7.05 Å². The number of aryl methyl sites for hydroxylation is 1. The highest BCUT2D eigenvalue weighted by molar-refractivity contribution is 5.93. The molecule has 0 aliphatic rings. The third-order valence-corrected chi connectivity index (χ3v) is 1.67. The zero-order valence-corrected chi connectivity index (χ0v) is 9.29. The first-order chi connectivity index (χ1) is 6.77. The quantitative estimate of drug-likeness (QED) is 0.782. The number of carbonyl (C=O) groups excluding carboxylic acids is 1. The van der Waals surface area contributed by atoms with E-state index in [4.69, 9.17) is 0 Å². The van der Waals surface area contributed by atoms with Crippen LogP contribution in [0.5, 0.6) is 0 Å². The van der Waals surface area contributed by atoms with Crippen molar-refractivity contribution < 1.29 is 4.79 Å². The van der Waals surface area contributed by atoms with Gasteiger partial charge in [-0.25, -0.2) is 0 Å². The zero-order chi connectivity index (χ0) is 11.0. The van der Waals surface area contributed by atoms with Crippen LogP contribution in [0.15, 0.2) is 18.3 Å². The Morgan fingerprint density at radius 2 is 2.14 bits per heavy atom. The summed E-state index contributed by atoms with van der Waals surface area (Å²) >= 11 is 0. The molecule has 0 saturated carbocycles. The fraction of sp³-hybridized carbons (Fsp3) is 0.455. The SMILES string of the molecule is CC.CCc1cc(C(=O)NC)ccn1. The van der Waals surface area contributed by atoms with Gasteiger partial charge in [0.1, 0.15) is 0 Å². The summed E-state index contributed by atoms with van der Waals surface area (Å²) in [4.78, 5) is 15.2. The molecule has 0 fully saturated rings. The lowest BCUT2D eigenvalue weighted by atomic mass is 10.2. The van der Waals surface area contributed by atoms with E-state index in [0.29, 0.717) is 5.56 Å². The van der Waals surface area contributed by atoms with E-state index in [9.17, 15) is 4.79 Å². The van der Waals surface area contributed by atoms with Crippen molar-refractivity contribution in [2.45, 2.75) is 27.2 Å². The van der Waals surface area contributed by atoms with Gasteiger partial charge in [0.25, 0.3) is 5.91 Å². The van der Waals surface area contributed by atoms with Crippen LogP contribution in [0.4, 0.5) is 0 Å². The molecular formula is C11H18N2O. The topological polar surface area (TPSA) is 42.0 Å². The van der Waals surface area contributed by atoms with Crippen molar-refractivity contribution in [2.24, 2.45) is 0 Å². The van der Waals surface area contributed by atoms with Crippen LogP contribution in [-0.2, 0) is 6.42 Å². The number of nitrogens with zero attached hydrogens (tertiary/aromatic N) is 1. The Morgan fingerprint density at radius 1 is 1.50 bits per heavy atom. The van der Waals surface area contributed by atoms with Gasteiger partial charge < -0.3 is 5.32 Å². The van der Waals surface area contributed by atoms with Crippen LogP contribution < -0.4 is 5.32 Å². The van der Waals surface area contributed by atoms with Crippen LogP contribution in [0.25, 0.3) is 0 Å². The van der Waals surface area contributed by atoms with E-state index in [2.05, 4.69) is 10.3 Å². The largest absolute Gasteiger partial charge is 0.355 e. The van der Waals surface area contributed by atoms with Crippen molar-refractivity contribution in [3.8, 4) is 0 Å². The minimum Gasteiger partial charge on any atom is -0.355 e. The average molecular weight is 194 g/mol. The monoisotopic (exact) mass is 194 g/mol. The van der Waals surface area contributed by atoms with Crippen LogP contribution in [0, 0.1) is 0 Å². The maximum Gasteiger partial charge on any atom is 0.251 e. The van der Waals surface area contributed by atoms with Gasteiger partial charge in [0.2, 0.25) is 0 Å². The normalized spacial score (nSPS) is 8.57. The molecule has 3 nitrogen and oxygen atoms in total. The van der Waals surface area contributed by atoms with Gasteiger partial charge in [0.05, 0.1) is 0 Å². The van der Waals surface area contributed by atoms with Gasteiger partial charge in [-0.05, 0) is 18.6 Å². The lowest BCUT2D eigenvalue weighted by molar-refractivity contribution is 0.0963. The molecule has 78 valence electrons. The number of hydrogen-bond donors (Lipinski definition) is 1. The Bertz CT molecular complexity index is 284. The van der Waals surface area contributed by atoms with E-state index in [-0.39, 0.29) is 5.91 Å². The fourth-order valence-electron chi connectivity index (χ4n) is 0.957. The van der Waals surface area contributed by atoms with Gasteiger partial charge in [-0.15, -0.1) is 0 Å². The van der Waals surface area contributed by atoms with Gasteiger partial charge in [-0.1, -0.05) is 20.8 Å². The molecule has 0 aliphatic heterocycles. The Labute approximate surface area is 85.6 Å². The Balaban J connectivity index is 0.000000791. The summed E-state index contributed by atoms with van der Waals surface area (Å²) in [6.07, 6.45) is 2.51. The summed E-state index contributed by atoms with van der Waals surface area (Å²) in [5.41, 5.74) is 1.61. The number of pyridine rings is 1. The Kier molecular flexibility index (Phi) is 6.37. The standard InChI is InChI=1S/C9H12N2O.C2H6/c1-3-8-6-7(4-5-11-8)9(12)10-2;1-2/h4-6H,3H2,1-2H3,(H,10,12);1-2H3. The molecule has 1 amide bonds. The van der Waals surface area contributed by atoms with E-state index in [0.717, 1.165) is 12.1 Å². The van der Waals surface area contributed by atoms with Crippen LogP contribution >= 0.6 is 0 Å². The second-order valence-corrected chi connectivity index (χ2v) is 2.47. The van der Waals surface area contributed by atoms with Crippen LogP contribution in [0.1, 0.15) is 36.8 Å². The molecule has 3 heteroatoms. The van der Waals surface area contributed by atoms with Crippen LogP contribution in [0.2, 0.25) is 0 Å². The van der Waals surface area contributed by atoms with E-state index in [1.54, 1.807) is 25.4 Å². The first-order valence-electron chi connectivity index (χ1n) is 4.95. The highest BCUT2D eigenvalue weighted by Crippen LogP contribution is 2.01. The molecule has 1 rings (SSSR count). The number of carbonyl (C=O) groups is 1. The lowest BCUT2D eigenvalue weighted by Gasteiger charge is -2.00. The predicted octanol–water partition coefficient (Wildman–Crippen LogP) is 2.03. The van der Waals surface area contributed by atoms with Crippen molar-refractivity contribution in [3.63, 3.8) is 0 Å². The highest BCUT2D eigenvalue weighted by Gasteiger charge is 2.02. The molecular weight excluding hydrogens is 176 g/mol. The van der Waals surface area contributed by atoms with E-state index in [1.807, 2.05) is 20.8 Å². The number of nitrogens with one attached hydrogen (secondary N) is 1. The molecule has 0 bridgehead atoms. The van der Waals surface area contributed by atoms with Crippen LogP contribution in [0.3, 0.4) is 0 Å². The summed E-state index contributed by atoms with van der Waals surface area (Å²) in [6, 6.07) is 3.51. The van der Waals surface area contributed by atoms with Crippen molar-refractivity contribution in [1.82, 2.24) is 10.3 Å². The lowest BCUT2D eigenvalue weighted by Crippen LogP contribution is -2.17. The Hall–Kier alpha value is -1.38. The molecule has 0 saturated heterocycles. The highest BCUT2D eigenvalue weighted by atomic mass is 16.1. The minimum atomic E-state index is -0.0629. The third-order valence-electron chi connectivity index (χ3n) is 1.67. The van der Waals surface area contributed by atoms with E-state index in [1.165, 1.54) is 0 Å². The second-order valence-electron chi connectivity index (χ2n) is 2.47. The smallest absolute Gasteiger partial charge is 0.251 e. The minimum absolute atomic E-state index is 0.0629. The predicted molar refractivity (Wildman–Crippen MR) is 58.4 cm³/mol. The number of hydrogen-bond acceptors (Lipinski definition) is 2. The maximum absolute atomic E-state index is 11.1. The molecule has 0 atom stereocenters. The summed E-state index contributed by atoms with van der Waals surface area (Å²) in [5.74, 6) is -0.0629. The Morgan fingerprint density at radius 3 is 2.64 bits per heavy atom. The molecule has 0 unspecified atom stereocenters. The van der Waals surface area contributed by atoms with Crippen molar-refractivity contribution in [1.29, 1.82) is 0 Å². The summed E-state index contributed by atoms with van der Waals surface area (Å²) in [7, 11) is 1.62. The van der Waals surface area contributed by atoms with Gasteiger partial charge in [0.15, 0.2) is 0 Å². The molecule has 0 spiro atoms. The average Bonchev–Trinajstić information content (AvgIpc) is 2.30. The van der Waals surface area contributed by atoms with E-state index < -0.39 is 0 Å². The van der Waals surface area contributed by atoms with Crippen molar-refractivity contribution >= 4 is 5.91 Å². The van der Waals surface area contributed by atoms with E-state index >= 15 is 0 Å². The zero-order valence-electron chi connectivity index (χ0n) is 9.29. The molecule has 0 aliphatic carbocycles. The molecule has 14 heavy (non-hydrogen) atoms. The molecule has 1 aromatic heterocycles. The number of amides is 1. The van der Waals surface area contributed by atoms with Crippen molar-refractivity contribution in [3.05, 3.63) is 29.6 Å². The van der Waals surface area contributed by atoms with Gasteiger partial charge in [-0.2, -0.15) is 0 Å². The molecule has 0 radical (unpaired) electrons. The molecule has 1 heterocycles. The van der Waals surface area contributed by atoms with Gasteiger partial charge >= 0.3 is 0 Å². The molecule has 0 aromatic carbocycles. The summed E-state index contributed by atoms with van der Waals surface area (Å²) in [6.45, 7) is 6.01. The van der Waals surface area contributed by atoms with Gasteiger partial charge in [-0.3, -0.25) is 9.78 Å². The fourth-order valence-corrected chi connectivity index (χ4v) is 0.957. The maximum atomic E-state index is 11.1. The number of rotatable bonds is 2.